The molecule has 0 spiro atoms. The third kappa shape index (κ3) is 2.84. The van der Waals surface area contributed by atoms with Crippen LogP contribution in [-0.4, -0.2) is 27.5 Å². The van der Waals surface area contributed by atoms with E-state index in [1.54, 1.807) is 12.1 Å². The molecule has 1 aromatic heterocycles. The predicted molar refractivity (Wildman–Crippen MR) is 69.4 cm³/mol. The summed E-state index contributed by atoms with van der Waals surface area (Å²) in [6.07, 6.45) is 5.07. The molecule has 0 bridgehead atoms. The summed E-state index contributed by atoms with van der Waals surface area (Å²) in [4.78, 5) is 16.7. The zero-order valence-corrected chi connectivity index (χ0v) is 10.3. The molecule has 0 atom stereocenters. The van der Waals surface area contributed by atoms with Gasteiger partial charge in [0.25, 0.3) is 0 Å². The molecule has 6 nitrogen and oxygen atoms in total. The van der Waals surface area contributed by atoms with Crippen molar-refractivity contribution in [3.8, 4) is 29.9 Å². The first-order valence-electron chi connectivity index (χ1n) is 5.60. The molecular formula is C14H11NO5. The molecule has 0 unspecified atom stereocenters. The van der Waals surface area contributed by atoms with Crippen LogP contribution in [0.4, 0.5) is 0 Å². The normalized spacial score (nSPS) is 9.75. The number of aromatic nitrogens is 1. The second kappa shape index (κ2) is 5.71. The van der Waals surface area contributed by atoms with Gasteiger partial charge in [0.05, 0.1) is 5.56 Å². The fourth-order valence-electron chi connectivity index (χ4n) is 1.47. The maximum atomic E-state index is 11.9. The molecule has 0 aliphatic heterocycles. The van der Waals surface area contributed by atoms with Gasteiger partial charge in [-0.15, -0.1) is 11.2 Å². The van der Waals surface area contributed by atoms with Gasteiger partial charge in [0.2, 0.25) is 11.8 Å². The quantitative estimate of drug-likeness (QED) is 0.818. The number of carbonyl (C=O) groups is 1. The van der Waals surface area contributed by atoms with E-state index in [4.69, 9.17) is 16.0 Å². The van der Waals surface area contributed by atoms with Crippen molar-refractivity contribution in [2.75, 3.05) is 6.61 Å². The van der Waals surface area contributed by atoms with Gasteiger partial charge in [-0.05, 0) is 18.2 Å². The molecule has 1 aromatic carbocycles. The molecule has 2 rings (SSSR count). The number of hydrogen-bond donors (Lipinski definition) is 2. The van der Waals surface area contributed by atoms with Gasteiger partial charge < -0.3 is 19.8 Å². The summed E-state index contributed by atoms with van der Waals surface area (Å²) in [5.41, 5.74) is 0.187. The number of benzene rings is 1. The van der Waals surface area contributed by atoms with Crippen molar-refractivity contribution in [3.05, 3.63) is 42.0 Å². The van der Waals surface area contributed by atoms with Crippen LogP contribution < -0.4 is 9.57 Å². The van der Waals surface area contributed by atoms with E-state index in [0.29, 0.717) is 10.5 Å². The Morgan fingerprint density at radius 2 is 1.95 bits per heavy atom. The molecule has 0 amide bonds. The molecule has 1 heterocycles. The number of nitrogens with zero attached hydrogens (tertiary/aromatic N) is 1. The van der Waals surface area contributed by atoms with E-state index in [1.807, 2.05) is 0 Å². The van der Waals surface area contributed by atoms with Crippen molar-refractivity contribution >= 4 is 5.97 Å². The summed E-state index contributed by atoms with van der Waals surface area (Å²) >= 11 is 0. The van der Waals surface area contributed by atoms with Gasteiger partial charge in [-0.1, -0.05) is 12.0 Å². The van der Waals surface area contributed by atoms with Crippen LogP contribution in [0.1, 0.15) is 10.4 Å². The standard InChI is InChI=1S/C14H11NO5/c1-2-8-19-11-5-3-4-10(9-11)14(18)20-15-12(16)6-7-13(15)17/h1,3-7,9,16-17H,8H2. The first-order valence-corrected chi connectivity index (χ1v) is 5.60. The third-order valence-corrected chi connectivity index (χ3v) is 2.36. The molecule has 0 radical (unpaired) electrons. The van der Waals surface area contributed by atoms with Crippen LogP contribution in [0.5, 0.6) is 17.5 Å². The van der Waals surface area contributed by atoms with Crippen LogP contribution >= 0.6 is 0 Å². The van der Waals surface area contributed by atoms with Crippen molar-refractivity contribution < 1.29 is 24.6 Å². The highest BCUT2D eigenvalue weighted by atomic mass is 16.7. The predicted octanol–water partition coefficient (Wildman–Crippen LogP) is 1.18. The van der Waals surface area contributed by atoms with Gasteiger partial charge in [0.15, 0.2) is 0 Å². The van der Waals surface area contributed by atoms with E-state index in [0.717, 1.165) is 0 Å². The molecule has 0 saturated carbocycles. The number of hydrogen-bond acceptors (Lipinski definition) is 5. The van der Waals surface area contributed by atoms with Crippen LogP contribution in [0.3, 0.4) is 0 Å². The minimum atomic E-state index is -0.766. The Kier molecular flexibility index (Phi) is 3.82. The third-order valence-electron chi connectivity index (χ3n) is 2.36. The van der Waals surface area contributed by atoms with Crippen molar-refractivity contribution in [1.82, 2.24) is 4.73 Å². The first kappa shape index (κ1) is 13.4. The fraction of sp³-hybridized carbons (Fsp3) is 0.0714. The summed E-state index contributed by atoms with van der Waals surface area (Å²) in [5.74, 6) is 1.17. The lowest BCUT2D eigenvalue weighted by Crippen LogP contribution is -2.19. The zero-order valence-electron chi connectivity index (χ0n) is 10.3. The van der Waals surface area contributed by atoms with Gasteiger partial charge >= 0.3 is 5.97 Å². The minimum absolute atomic E-state index is 0.0810. The average molecular weight is 273 g/mol. The minimum Gasteiger partial charge on any atom is -0.492 e. The van der Waals surface area contributed by atoms with E-state index in [-0.39, 0.29) is 12.2 Å². The largest absolute Gasteiger partial charge is 0.492 e. The Bertz CT molecular complexity index is 649. The lowest BCUT2D eigenvalue weighted by Gasteiger charge is -2.08. The molecule has 102 valence electrons. The molecular weight excluding hydrogens is 262 g/mol. The lowest BCUT2D eigenvalue weighted by atomic mass is 10.2. The zero-order chi connectivity index (χ0) is 14.5. The molecule has 20 heavy (non-hydrogen) atoms. The van der Waals surface area contributed by atoms with Crippen LogP contribution in [-0.2, 0) is 0 Å². The Morgan fingerprint density at radius 3 is 2.60 bits per heavy atom. The maximum absolute atomic E-state index is 11.9. The second-order valence-electron chi connectivity index (χ2n) is 3.74. The lowest BCUT2D eigenvalue weighted by molar-refractivity contribution is 0.0381. The molecule has 2 aromatic rings. The van der Waals surface area contributed by atoms with Gasteiger partial charge in [-0.25, -0.2) is 4.79 Å². The monoisotopic (exact) mass is 273 g/mol. The van der Waals surface area contributed by atoms with Gasteiger partial charge in [0, 0.05) is 12.1 Å². The van der Waals surface area contributed by atoms with E-state index in [2.05, 4.69) is 5.92 Å². The topological polar surface area (TPSA) is 80.9 Å². The van der Waals surface area contributed by atoms with E-state index in [9.17, 15) is 15.0 Å². The van der Waals surface area contributed by atoms with Gasteiger partial charge in [-0.2, -0.15) is 0 Å². The SMILES string of the molecule is C#CCOc1cccc(C(=O)On2c(O)ccc2O)c1. The molecule has 0 aliphatic rings. The molecule has 0 saturated heterocycles. The first-order chi connectivity index (χ1) is 9.61. The van der Waals surface area contributed by atoms with Crippen LogP contribution in [0.25, 0.3) is 0 Å². The summed E-state index contributed by atoms with van der Waals surface area (Å²) in [6, 6.07) is 8.56. The smallest absolute Gasteiger partial charge is 0.364 e. The van der Waals surface area contributed by atoms with Crippen molar-refractivity contribution in [2.24, 2.45) is 0 Å². The number of aromatic hydroxyl groups is 2. The van der Waals surface area contributed by atoms with Crippen molar-refractivity contribution in [2.45, 2.75) is 0 Å². The molecule has 0 fully saturated rings. The molecule has 6 heteroatoms. The summed E-state index contributed by atoms with van der Waals surface area (Å²) in [7, 11) is 0. The number of terminal acetylenes is 1. The Balaban J connectivity index is 2.15. The average Bonchev–Trinajstić information content (AvgIpc) is 2.77. The van der Waals surface area contributed by atoms with Crippen molar-refractivity contribution in [3.63, 3.8) is 0 Å². The Labute approximate surface area is 114 Å². The van der Waals surface area contributed by atoms with Crippen LogP contribution in [0.15, 0.2) is 36.4 Å². The van der Waals surface area contributed by atoms with E-state index >= 15 is 0 Å². The summed E-state index contributed by atoms with van der Waals surface area (Å²) in [6.45, 7) is 0.0810. The van der Waals surface area contributed by atoms with Crippen molar-refractivity contribution in [1.29, 1.82) is 0 Å². The highest BCUT2D eigenvalue weighted by molar-refractivity contribution is 5.90. The Hall–Kier alpha value is -3.07. The van der Waals surface area contributed by atoms with E-state index in [1.165, 1.54) is 24.3 Å². The maximum Gasteiger partial charge on any atom is 0.364 e. The highest BCUT2D eigenvalue weighted by Crippen LogP contribution is 2.20. The van der Waals surface area contributed by atoms with Gasteiger partial charge in [0.1, 0.15) is 12.4 Å². The summed E-state index contributed by atoms with van der Waals surface area (Å²) in [5, 5.41) is 18.8. The molecule has 2 N–H and O–H groups in total. The number of carbonyl (C=O) groups excluding carboxylic acids is 1. The molecule has 0 aliphatic carbocycles. The fourth-order valence-corrected chi connectivity index (χ4v) is 1.47. The highest BCUT2D eigenvalue weighted by Gasteiger charge is 2.14. The number of ether oxygens (including phenoxy) is 1. The van der Waals surface area contributed by atoms with Gasteiger partial charge in [-0.3, -0.25) is 0 Å². The Morgan fingerprint density at radius 1 is 1.25 bits per heavy atom. The second-order valence-corrected chi connectivity index (χ2v) is 3.74. The number of rotatable bonds is 4. The van der Waals surface area contributed by atoms with E-state index < -0.39 is 17.7 Å². The van der Waals surface area contributed by atoms with Crippen LogP contribution in [0, 0.1) is 12.3 Å². The van der Waals surface area contributed by atoms with Crippen LogP contribution in [0.2, 0.25) is 0 Å². The summed E-state index contributed by atoms with van der Waals surface area (Å²) < 4.78 is 5.79.